The van der Waals surface area contributed by atoms with Gasteiger partial charge in [0.1, 0.15) is 0 Å². The SMILES string of the molecule is N#C[CH-]C(N)=C(C#N)C#N.[Cu+]. The molecule has 0 saturated carbocycles. The van der Waals surface area contributed by atoms with Gasteiger partial charge in [-0.15, -0.1) is 6.42 Å². The van der Waals surface area contributed by atoms with E-state index in [0.717, 1.165) is 6.42 Å². The Hall–Kier alpha value is -1.60. The number of nitrogens with two attached hydrogens (primary N) is 1. The number of hydrogen-bond acceptors (Lipinski definition) is 4. The normalized spacial score (nSPS) is 5.55. The van der Waals surface area contributed by atoms with Crippen LogP contribution in [0.5, 0.6) is 0 Å². The molecule has 0 amide bonds. The number of allylic oxidation sites excluding steroid dienone is 2. The molecule has 0 aliphatic heterocycles. The van der Waals surface area contributed by atoms with Crippen molar-refractivity contribution in [1.29, 1.82) is 15.8 Å². The molecule has 0 atom stereocenters. The monoisotopic (exact) mass is 194 g/mol. The molecule has 4 nitrogen and oxygen atoms in total. The molecule has 2 N–H and O–H groups in total. The third-order valence-corrected chi connectivity index (χ3v) is 0.732. The first-order chi connectivity index (χ1) is 4.76. The minimum absolute atomic E-state index is 0. The minimum Gasteiger partial charge on any atom is -0.428 e. The van der Waals surface area contributed by atoms with E-state index in [0.29, 0.717) is 0 Å². The maximum atomic E-state index is 8.18. The maximum Gasteiger partial charge on any atom is 1.00 e. The number of rotatable bonds is 1. The summed E-state index contributed by atoms with van der Waals surface area (Å²) in [5.41, 5.74) is 4.78. The molecule has 0 aromatic rings. The van der Waals surface area contributed by atoms with Crippen LogP contribution < -0.4 is 5.73 Å². The fourth-order valence-electron chi connectivity index (χ4n) is 0.296. The molecule has 0 aliphatic carbocycles. The summed E-state index contributed by atoms with van der Waals surface area (Å²) in [7, 11) is 0. The molecule has 11 heavy (non-hydrogen) atoms. The van der Waals surface area contributed by atoms with E-state index in [1.165, 1.54) is 0 Å². The van der Waals surface area contributed by atoms with Crippen molar-refractivity contribution >= 4 is 0 Å². The van der Waals surface area contributed by atoms with Gasteiger partial charge in [-0.1, -0.05) is 5.70 Å². The van der Waals surface area contributed by atoms with Crippen LogP contribution in [0.1, 0.15) is 0 Å². The van der Waals surface area contributed by atoms with Gasteiger partial charge in [-0.2, -0.15) is 0 Å². The Morgan fingerprint density at radius 2 is 1.64 bits per heavy atom. The largest absolute Gasteiger partial charge is 1.00 e. The number of nitriles is 3. The van der Waals surface area contributed by atoms with Gasteiger partial charge in [0.05, 0.1) is 0 Å². The van der Waals surface area contributed by atoms with Gasteiger partial charge in [0.15, 0.2) is 0 Å². The molecule has 0 fully saturated rings. The third kappa shape index (κ3) is 3.89. The summed E-state index contributed by atoms with van der Waals surface area (Å²) in [6.45, 7) is 0. The molecule has 0 aromatic heterocycles. The van der Waals surface area contributed by atoms with E-state index in [1.807, 2.05) is 0 Å². The molecule has 58 valence electrons. The van der Waals surface area contributed by atoms with E-state index in [9.17, 15) is 0 Å². The van der Waals surface area contributed by atoms with Gasteiger partial charge >= 0.3 is 17.1 Å². The first-order valence-electron chi connectivity index (χ1n) is 2.29. The van der Waals surface area contributed by atoms with Crippen LogP contribution in [0.2, 0.25) is 0 Å². The van der Waals surface area contributed by atoms with Crippen LogP contribution in [-0.4, -0.2) is 0 Å². The van der Waals surface area contributed by atoms with Gasteiger partial charge in [-0.3, -0.25) is 0 Å². The first-order valence-corrected chi connectivity index (χ1v) is 2.29. The Morgan fingerprint density at radius 1 is 1.18 bits per heavy atom. The number of nitrogens with zero attached hydrogens (tertiary/aromatic N) is 3. The first kappa shape index (κ1) is 12.1. The molecular formula is C6H3CuN4. The average Bonchev–Trinajstić information content (AvgIpc) is 1.91. The second kappa shape index (κ2) is 6.52. The van der Waals surface area contributed by atoms with Crippen LogP contribution >= 0.6 is 0 Å². The smallest absolute Gasteiger partial charge is 0.428 e. The Bertz CT molecular complexity index is 256. The molecule has 0 heterocycles. The van der Waals surface area contributed by atoms with E-state index < -0.39 is 0 Å². The van der Waals surface area contributed by atoms with Crippen molar-refractivity contribution in [3.8, 4) is 18.2 Å². The summed E-state index contributed by atoms with van der Waals surface area (Å²) < 4.78 is 0. The van der Waals surface area contributed by atoms with E-state index in [4.69, 9.17) is 21.5 Å². The van der Waals surface area contributed by atoms with Crippen LogP contribution in [0.25, 0.3) is 0 Å². The summed E-state index contributed by atoms with van der Waals surface area (Å²) in [5.74, 6) is 0. The maximum absolute atomic E-state index is 8.18. The molecule has 0 aromatic carbocycles. The van der Waals surface area contributed by atoms with E-state index in [1.54, 1.807) is 18.2 Å². The second-order valence-corrected chi connectivity index (χ2v) is 1.33. The predicted octanol–water partition coefficient (Wildman–Crippen LogP) is -0.0283. The number of hydrogen-bond donors (Lipinski definition) is 1. The average molecular weight is 195 g/mol. The topological polar surface area (TPSA) is 97.4 Å². The Labute approximate surface area is 75.0 Å². The molecule has 0 rings (SSSR count). The summed E-state index contributed by atoms with van der Waals surface area (Å²) in [5, 5.41) is 24.4. The van der Waals surface area contributed by atoms with E-state index in [2.05, 4.69) is 0 Å². The summed E-state index contributed by atoms with van der Waals surface area (Å²) in [4.78, 5) is 0. The van der Waals surface area contributed by atoms with Crippen LogP contribution in [0.4, 0.5) is 0 Å². The van der Waals surface area contributed by atoms with Crippen LogP contribution in [-0.2, 0) is 17.1 Å². The van der Waals surface area contributed by atoms with Crippen LogP contribution in [0.15, 0.2) is 11.3 Å². The van der Waals surface area contributed by atoms with Crippen LogP contribution in [0.3, 0.4) is 0 Å². The molecule has 0 aliphatic rings. The van der Waals surface area contributed by atoms with Crippen molar-refractivity contribution in [3.63, 3.8) is 0 Å². The summed E-state index contributed by atoms with van der Waals surface area (Å²) >= 11 is 0. The second-order valence-electron chi connectivity index (χ2n) is 1.33. The fourth-order valence-corrected chi connectivity index (χ4v) is 0.296. The van der Waals surface area contributed by atoms with Crippen LogP contribution in [0, 0.1) is 40.4 Å². The summed E-state index contributed by atoms with van der Waals surface area (Å²) in [6, 6.07) is 4.70. The van der Waals surface area contributed by atoms with Crippen molar-refractivity contribution in [2.75, 3.05) is 0 Å². The van der Waals surface area contributed by atoms with Gasteiger partial charge in [0.25, 0.3) is 0 Å². The molecule has 0 bridgehead atoms. The summed E-state index contributed by atoms with van der Waals surface area (Å²) in [6.07, 6.45) is 0.946. The molecule has 0 spiro atoms. The van der Waals surface area contributed by atoms with E-state index in [-0.39, 0.29) is 28.3 Å². The quantitative estimate of drug-likeness (QED) is 0.360. The molecule has 0 saturated heterocycles. The Balaban J connectivity index is 0. The zero-order chi connectivity index (χ0) is 7.98. The van der Waals surface area contributed by atoms with Crippen molar-refractivity contribution in [2.24, 2.45) is 5.73 Å². The predicted molar refractivity (Wildman–Crippen MR) is 32.4 cm³/mol. The van der Waals surface area contributed by atoms with E-state index >= 15 is 0 Å². The Morgan fingerprint density at radius 3 is 1.91 bits per heavy atom. The van der Waals surface area contributed by atoms with Gasteiger partial charge in [-0.25, -0.2) is 15.8 Å². The standard InChI is InChI=1S/C6H3N4.Cu/c7-2-1-6(10)5(3-8)4-9;/h1H,10H2;/q-1;+1. The zero-order valence-corrected chi connectivity index (χ0v) is 6.24. The zero-order valence-electron chi connectivity index (χ0n) is 5.30. The van der Waals surface area contributed by atoms with Crippen molar-refractivity contribution < 1.29 is 17.1 Å². The molecule has 0 unspecified atom stereocenters. The third-order valence-electron chi connectivity index (χ3n) is 0.732. The van der Waals surface area contributed by atoms with Gasteiger partial charge in [0, 0.05) is 17.7 Å². The van der Waals surface area contributed by atoms with Gasteiger partial charge in [0.2, 0.25) is 0 Å². The van der Waals surface area contributed by atoms with Gasteiger partial charge in [-0.05, 0) is 6.07 Å². The fraction of sp³-hybridized carbons (Fsp3) is 0. The molecular weight excluding hydrogens is 192 g/mol. The van der Waals surface area contributed by atoms with Crippen molar-refractivity contribution in [1.82, 2.24) is 0 Å². The minimum atomic E-state index is -0.235. The van der Waals surface area contributed by atoms with Crippen molar-refractivity contribution in [3.05, 3.63) is 17.7 Å². The molecule has 0 radical (unpaired) electrons. The van der Waals surface area contributed by atoms with Crippen molar-refractivity contribution in [2.45, 2.75) is 0 Å². The Kier molecular flexibility index (Phi) is 7.18. The van der Waals surface area contributed by atoms with Gasteiger partial charge < -0.3 is 5.73 Å². The molecule has 5 heteroatoms.